The Kier molecular flexibility index (Phi) is 3.23. The van der Waals surface area contributed by atoms with Crippen LogP contribution in [0.4, 0.5) is 0 Å². The minimum absolute atomic E-state index is 0.598. The molecule has 0 spiro atoms. The molecule has 2 nitrogen and oxygen atoms in total. The second-order valence-corrected chi connectivity index (χ2v) is 4.02. The van der Waals surface area contributed by atoms with Crippen molar-refractivity contribution in [3.63, 3.8) is 0 Å². The number of benzene rings is 2. The van der Waals surface area contributed by atoms with Crippen LogP contribution in [-0.4, -0.2) is 0 Å². The van der Waals surface area contributed by atoms with Gasteiger partial charge in [-0.1, -0.05) is 18.2 Å². The van der Waals surface area contributed by atoms with E-state index in [0.29, 0.717) is 11.3 Å². The molecule has 0 aromatic heterocycles. The molecule has 0 bridgehead atoms. The summed E-state index contributed by atoms with van der Waals surface area (Å²) in [6, 6.07) is 16.9. The van der Waals surface area contributed by atoms with Gasteiger partial charge in [0, 0.05) is 4.47 Å². The van der Waals surface area contributed by atoms with Gasteiger partial charge in [0.2, 0.25) is 0 Å². The lowest BCUT2D eigenvalue weighted by atomic mass is 10.2. The lowest BCUT2D eigenvalue weighted by Crippen LogP contribution is -1.85. The van der Waals surface area contributed by atoms with Crippen molar-refractivity contribution in [2.45, 2.75) is 0 Å². The summed E-state index contributed by atoms with van der Waals surface area (Å²) in [4.78, 5) is 0. The number of para-hydroxylation sites is 1. The average molecular weight is 274 g/mol. The number of nitriles is 1. The zero-order chi connectivity index (χ0) is 11.4. The van der Waals surface area contributed by atoms with E-state index in [-0.39, 0.29) is 0 Å². The number of hydrogen-bond acceptors (Lipinski definition) is 2. The van der Waals surface area contributed by atoms with Gasteiger partial charge in [-0.05, 0) is 46.3 Å². The predicted octanol–water partition coefficient (Wildman–Crippen LogP) is 4.11. The molecule has 0 heterocycles. The molecule has 16 heavy (non-hydrogen) atoms. The second kappa shape index (κ2) is 4.82. The van der Waals surface area contributed by atoms with Crippen LogP contribution in [0.15, 0.2) is 53.0 Å². The predicted molar refractivity (Wildman–Crippen MR) is 65.4 cm³/mol. The highest BCUT2D eigenvalue weighted by Crippen LogP contribution is 2.26. The van der Waals surface area contributed by atoms with Crippen molar-refractivity contribution in [1.29, 1.82) is 5.26 Å². The molecule has 0 radical (unpaired) electrons. The summed E-state index contributed by atoms with van der Waals surface area (Å²) in [7, 11) is 0. The maximum absolute atomic E-state index is 8.78. The van der Waals surface area contributed by atoms with Crippen LogP contribution in [0.2, 0.25) is 0 Å². The van der Waals surface area contributed by atoms with Crippen LogP contribution in [-0.2, 0) is 0 Å². The van der Waals surface area contributed by atoms with Crippen molar-refractivity contribution < 1.29 is 4.74 Å². The molecule has 0 fully saturated rings. The molecule has 0 N–H and O–H groups in total. The maximum atomic E-state index is 8.78. The number of hydrogen-bond donors (Lipinski definition) is 0. The van der Waals surface area contributed by atoms with Gasteiger partial charge in [-0.3, -0.25) is 0 Å². The Bertz CT molecular complexity index is 531. The number of nitrogens with zero attached hydrogens (tertiary/aromatic N) is 1. The number of ether oxygens (including phenoxy) is 1. The van der Waals surface area contributed by atoms with Crippen LogP contribution < -0.4 is 4.74 Å². The maximum Gasteiger partial charge on any atom is 0.128 e. The molecule has 2 aromatic rings. The summed E-state index contributed by atoms with van der Waals surface area (Å²) in [6.07, 6.45) is 0. The molecule has 0 aliphatic heterocycles. The lowest BCUT2D eigenvalue weighted by molar-refractivity contribution is 0.482. The Hall–Kier alpha value is -1.79. The van der Waals surface area contributed by atoms with Crippen molar-refractivity contribution in [3.05, 3.63) is 58.6 Å². The Balaban J connectivity index is 2.24. The van der Waals surface area contributed by atoms with Gasteiger partial charge in [0.15, 0.2) is 0 Å². The molecule has 0 amide bonds. The Morgan fingerprint density at radius 3 is 2.38 bits per heavy atom. The first kappa shape index (κ1) is 10.7. The molecule has 0 atom stereocenters. The summed E-state index contributed by atoms with van der Waals surface area (Å²) in [5.74, 6) is 1.48. The van der Waals surface area contributed by atoms with Gasteiger partial charge in [0.05, 0.1) is 5.56 Å². The summed E-state index contributed by atoms with van der Waals surface area (Å²) in [6.45, 7) is 0. The topological polar surface area (TPSA) is 33.0 Å². The molecular weight excluding hydrogens is 266 g/mol. The highest BCUT2D eigenvalue weighted by Gasteiger charge is 2.02. The van der Waals surface area contributed by atoms with Crippen molar-refractivity contribution in [2.24, 2.45) is 0 Å². The standard InChI is InChI=1S/C13H8BrNO/c14-13-8-12(7-6-10(13)9-15)16-11-4-2-1-3-5-11/h1-8H. The van der Waals surface area contributed by atoms with E-state index in [2.05, 4.69) is 22.0 Å². The van der Waals surface area contributed by atoms with Gasteiger partial charge in [0.25, 0.3) is 0 Å². The van der Waals surface area contributed by atoms with E-state index in [1.807, 2.05) is 30.3 Å². The third-order valence-electron chi connectivity index (χ3n) is 2.04. The van der Waals surface area contributed by atoms with Crippen molar-refractivity contribution in [1.82, 2.24) is 0 Å². The van der Waals surface area contributed by atoms with Crippen molar-refractivity contribution >= 4 is 15.9 Å². The number of rotatable bonds is 2. The van der Waals surface area contributed by atoms with Gasteiger partial charge >= 0.3 is 0 Å². The Morgan fingerprint density at radius 1 is 1.00 bits per heavy atom. The molecular formula is C13H8BrNO. The fraction of sp³-hybridized carbons (Fsp3) is 0. The van der Waals surface area contributed by atoms with Crippen LogP contribution in [0, 0.1) is 11.3 Å². The molecule has 0 aliphatic rings. The quantitative estimate of drug-likeness (QED) is 0.825. The Labute approximate surface area is 102 Å². The molecule has 2 rings (SSSR count). The van der Waals surface area contributed by atoms with Crippen LogP contribution in [0.25, 0.3) is 0 Å². The largest absolute Gasteiger partial charge is 0.457 e. The smallest absolute Gasteiger partial charge is 0.128 e. The summed E-state index contributed by atoms with van der Waals surface area (Å²) < 4.78 is 6.36. The van der Waals surface area contributed by atoms with Gasteiger partial charge in [0.1, 0.15) is 17.6 Å². The summed E-state index contributed by atoms with van der Waals surface area (Å²) in [5, 5.41) is 8.78. The van der Waals surface area contributed by atoms with E-state index in [1.165, 1.54) is 0 Å². The molecule has 0 unspecified atom stereocenters. The third kappa shape index (κ3) is 2.41. The fourth-order valence-electron chi connectivity index (χ4n) is 1.27. The first-order valence-corrected chi connectivity index (χ1v) is 5.51. The van der Waals surface area contributed by atoms with E-state index < -0.39 is 0 Å². The molecule has 3 heteroatoms. The highest BCUT2D eigenvalue weighted by molar-refractivity contribution is 9.10. The van der Waals surface area contributed by atoms with E-state index in [1.54, 1.807) is 18.2 Å². The average Bonchev–Trinajstić information content (AvgIpc) is 2.31. The minimum atomic E-state index is 0.598. The molecule has 2 aromatic carbocycles. The lowest BCUT2D eigenvalue weighted by Gasteiger charge is -2.05. The highest BCUT2D eigenvalue weighted by atomic mass is 79.9. The summed E-state index contributed by atoms with van der Waals surface area (Å²) in [5.41, 5.74) is 0.598. The Morgan fingerprint density at radius 2 is 1.75 bits per heavy atom. The zero-order valence-corrected chi connectivity index (χ0v) is 9.94. The third-order valence-corrected chi connectivity index (χ3v) is 2.70. The van der Waals surface area contributed by atoms with Crippen LogP contribution in [0.3, 0.4) is 0 Å². The second-order valence-electron chi connectivity index (χ2n) is 3.17. The van der Waals surface area contributed by atoms with Crippen molar-refractivity contribution in [2.75, 3.05) is 0 Å². The monoisotopic (exact) mass is 273 g/mol. The van der Waals surface area contributed by atoms with Crippen LogP contribution in [0.1, 0.15) is 5.56 Å². The van der Waals surface area contributed by atoms with E-state index >= 15 is 0 Å². The summed E-state index contributed by atoms with van der Waals surface area (Å²) >= 11 is 3.32. The van der Waals surface area contributed by atoms with Gasteiger partial charge < -0.3 is 4.74 Å². The molecule has 0 saturated heterocycles. The van der Waals surface area contributed by atoms with Crippen molar-refractivity contribution in [3.8, 4) is 17.6 Å². The number of halogens is 1. The fourth-order valence-corrected chi connectivity index (χ4v) is 1.72. The van der Waals surface area contributed by atoms with Gasteiger partial charge in [-0.25, -0.2) is 0 Å². The molecule has 78 valence electrons. The van der Waals surface area contributed by atoms with Gasteiger partial charge in [-0.15, -0.1) is 0 Å². The molecule has 0 saturated carbocycles. The SMILES string of the molecule is N#Cc1ccc(Oc2ccccc2)cc1Br. The normalized spacial score (nSPS) is 9.50. The van der Waals surface area contributed by atoms with Crippen LogP contribution >= 0.6 is 15.9 Å². The zero-order valence-electron chi connectivity index (χ0n) is 8.35. The van der Waals surface area contributed by atoms with E-state index in [0.717, 1.165) is 10.2 Å². The first-order chi connectivity index (χ1) is 7.79. The molecule has 0 aliphatic carbocycles. The first-order valence-electron chi connectivity index (χ1n) is 4.72. The van der Waals surface area contributed by atoms with Gasteiger partial charge in [-0.2, -0.15) is 5.26 Å². The van der Waals surface area contributed by atoms with Crippen LogP contribution in [0.5, 0.6) is 11.5 Å². The minimum Gasteiger partial charge on any atom is -0.457 e. The van der Waals surface area contributed by atoms with E-state index in [4.69, 9.17) is 10.00 Å². The van der Waals surface area contributed by atoms with E-state index in [9.17, 15) is 0 Å².